The number of aromatic nitrogens is 2. The summed E-state index contributed by atoms with van der Waals surface area (Å²) in [5.74, 6) is 0. The largest absolute Gasteiger partial charge is 0.317 e. The van der Waals surface area contributed by atoms with Gasteiger partial charge in [0.25, 0.3) is 0 Å². The van der Waals surface area contributed by atoms with Crippen LogP contribution in [-0.4, -0.2) is 22.9 Å². The van der Waals surface area contributed by atoms with Gasteiger partial charge >= 0.3 is 0 Å². The van der Waals surface area contributed by atoms with E-state index in [0.29, 0.717) is 6.04 Å². The Morgan fingerprint density at radius 1 is 1.15 bits per heavy atom. The lowest BCUT2D eigenvalue weighted by molar-refractivity contribution is 0.469. The van der Waals surface area contributed by atoms with E-state index in [1.165, 1.54) is 56.3 Å². The van der Waals surface area contributed by atoms with E-state index in [0.717, 1.165) is 12.8 Å². The first kappa shape index (κ1) is 17.2. The minimum Gasteiger partial charge on any atom is -0.317 e. The zero-order valence-corrected chi connectivity index (χ0v) is 13.9. The zero-order chi connectivity index (χ0) is 14.8. The van der Waals surface area contributed by atoms with Crippen molar-refractivity contribution in [1.82, 2.24) is 15.1 Å². The summed E-state index contributed by atoms with van der Waals surface area (Å²) in [6.07, 6.45) is 11.6. The molecule has 1 atom stereocenters. The number of aryl methyl sites for hydroxylation is 2. The van der Waals surface area contributed by atoms with Crippen molar-refractivity contribution in [3.63, 3.8) is 0 Å². The van der Waals surface area contributed by atoms with E-state index in [9.17, 15) is 0 Å². The molecule has 20 heavy (non-hydrogen) atoms. The summed E-state index contributed by atoms with van der Waals surface area (Å²) < 4.78 is 2.05. The first-order chi connectivity index (χ1) is 9.71. The molecule has 0 amide bonds. The Morgan fingerprint density at radius 3 is 2.45 bits per heavy atom. The number of nitrogens with zero attached hydrogens (tertiary/aromatic N) is 2. The molecule has 0 saturated heterocycles. The van der Waals surface area contributed by atoms with Gasteiger partial charge in [0.05, 0.1) is 5.69 Å². The fraction of sp³-hybridized carbons (Fsp3) is 0.824. The van der Waals surface area contributed by atoms with Gasteiger partial charge in [0, 0.05) is 25.2 Å². The Bertz CT molecular complexity index is 357. The lowest BCUT2D eigenvalue weighted by Crippen LogP contribution is -2.28. The summed E-state index contributed by atoms with van der Waals surface area (Å²) in [7, 11) is 4.14. The topological polar surface area (TPSA) is 29.9 Å². The maximum absolute atomic E-state index is 4.54. The number of hydrogen-bond acceptors (Lipinski definition) is 2. The average molecular weight is 279 g/mol. The van der Waals surface area contributed by atoms with Crippen LogP contribution in [0.25, 0.3) is 0 Å². The summed E-state index contributed by atoms with van der Waals surface area (Å²) in [5.41, 5.74) is 2.56. The Labute approximate surface area is 125 Å². The van der Waals surface area contributed by atoms with Crippen molar-refractivity contribution in [2.24, 2.45) is 7.05 Å². The van der Waals surface area contributed by atoms with Crippen LogP contribution in [0.5, 0.6) is 0 Å². The van der Waals surface area contributed by atoms with E-state index >= 15 is 0 Å². The highest BCUT2D eigenvalue weighted by molar-refractivity contribution is 5.11. The van der Waals surface area contributed by atoms with Crippen LogP contribution >= 0.6 is 0 Å². The minimum absolute atomic E-state index is 0.585. The molecule has 0 spiro atoms. The molecule has 1 heterocycles. The van der Waals surface area contributed by atoms with E-state index in [-0.39, 0.29) is 0 Å². The molecule has 0 aromatic carbocycles. The number of hydrogen-bond donors (Lipinski definition) is 1. The van der Waals surface area contributed by atoms with Crippen LogP contribution in [0, 0.1) is 0 Å². The molecule has 116 valence electrons. The van der Waals surface area contributed by atoms with Crippen molar-refractivity contribution in [2.75, 3.05) is 7.05 Å². The van der Waals surface area contributed by atoms with Crippen molar-refractivity contribution >= 4 is 0 Å². The summed E-state index contributed by atoms with van der Waals surface area (Å²) in [6, 6.07) is 2.84. The second-order valence-corrected chi connectivity index (χ2v) is 5.85. The van der Waals surface area contributed by atoms with Crippen molar-refractivity contribution in [3.05, 3.63) is 17.5 Å². The zero-order valence-electron chi connectivity index (χ0n) is 13.9. The SMILES string of the molecule is CCCCCCCCC(Cc1cc(CC)nn1C)NC. The van der Waals surface area contributed by atoms with Gasteiger partial charge in [-0.3, -0.25) is 4.68 Å². The maximum Gasteiger partial charge on any atom is 0.0624 e. The predicted octanol–water partition coefficient (Wildman–Crippen LogP) is 3.86. The van der Waals surface area contributed by atoms with Gasteiger partial charge < -0.3 is 5.32 Å². The Hall–Kier alpha value is -0.830. The van der Waals surface area contributed by atoms with Gasteiger partial charge in [0.2, 0.25) is 0 Å². The van der Waals surface area contributed by atoms with Crippen LogP contribution in [0.3, 0.4) is 0 Å². The fourth-order valence-electron chi connectivity index (χ4n) is 2.71. The second-order valence-electron chi connectivity index (χ2n) is 5.85. The molecule has 1 aromatic rings. The molecule has 0 aliphatic rings. The van der Waals surface area contributed by atoms with Gasteiger partial charge in [0.1, 0.15) is 0 Å². The van der Waals surface area contributed by atoms with E-state index in [1.807, 2.05) is 4.68 Å². The van der Waals surface area contributed by atoms with E-state index < -0.39 is 0 Å². The highest BCUT2D eigenvalue weighted by Gasteiger charge is 2.11. The molecule has 1 N–H and O–H groups in total. The minimum atomic E-state index is 0.585. The fourth-order valence-corrected chi connectivity index (χ4v) is 2.71. The average Bonchev–Trinajstić information content (AvgIpc) is 2.81. The first-order valence-electron chi connectivity index (χ1n) is 8.40. The van der Waals surface area contributed by atoms with Crippen molar-refractivity contribution in [2.45, 2.75) is 77.7 Å². The highest BCUT2D eigenvalue weighted by atomic mass is 15.3. The molecular formula is C17H33N3. The first-order valence-corrected chi connectivity index (χ1v) is 8.40. The van der Waals surface area contributed by atoms with E-state index in [2.05, 4.69) is 44.4 Å². The van der Waals surface area contributed by atoms with Gasteiger partial charge in [-0.05, 0) is 26.0 Å². The molecule has 0 radical (unpaired) electrons. The molecule has 0 bridgehead atoms. The van der Waals surface area contributed by atoms with Crippen LogP contribution in [0.1, 0.15) is 70.2 Å². The Morgan fingerprint density at radius 2 is 1.85 bits per heavy atom. The maximum atomic E-state index is 4.54. The third-order valence-electron chi connectivity index (χ3n) is 4.16. The molecule has 3 heteroatoms. The van der Waals surface area contributed by atoms with Crippen molar-refractivity contribution in [3.8, 4) is 0 Å². The van der Waals surface area contributed by atoms with E-state index in [1.54, 1.807) is 0 Å². The quantitative estimate of drug-likeness (QED) is 0.623. The number of rotatable bonds is 11. The third kappa shape index (κ3) is 6.08. The molecule has 0 fully saturated rings. The molecule has 1 unspecified atom stereocenters. The van der Waals surface area contributed by atoms with Crippen LogP contribution in [-0.2, 0) is 19.9 Å². The normalized spacial score (nSPS) is 12.8. The smallest absolute Gasteiger partial charge is 0.0624 e. The summed E-state index contributed by atoms with van der Waals surface area (Å²) in [6.45, 7) is 4.44. The summed E-state index contributed by atoms with van der Waals surface area (Å²) in [5, 5.41) is 8.00. The standard InChI is InChI=1S/C17H33N3/c1-5-7-8-9-10-11-12-16(18-3)14-17-13-15(6-2)19-20(17)4/h13,16,18H,5-12,14H2,1-4H3. The lowest BCUT2D eigenvalue weighted by atomic mass is 10.0. The van der Waals surface area contributed by atoms with Crippen LogP contribution in [0.4, 0.5) is 0 Å². The predicted molar refractivity (Wildman–Crippen MR) is 87.1 cm³/mol. The van der Waals surface area contributed by atoms with Crippen LogP contribution in [0.2, 0.25) is 0 Å². The van der Waals surface area contributed by atoms with Gasteiger partial charge in [-0.2, -0.15) is 5.10 Å². The Kier molecular flexibility index (Phi) is 8.59. The highest BCUT2D eigenvalue weighted by Crippen LogP contribution is 2.13. The van der Waals surface area contributed by atoms with Crippen molar-refractivity contribution < 1.29 is 0 Å². The molecule has 1 rings (SSSR count). The van der Waals surface area contributed by atoms with Gasteiger partial charge in [-0.15, -0.1) is 0 Å². The molecule has 0 aliphatic carbocycles. The molecule has 0 saturated carbocycles. The van der Waals surface area contributed by atoms with E-state index in [4.69, 9.17) is 0 Å². The summed E-state index contributed by atoms with van der Waals surface area (Å²) >= 11 is 0. The van der Waals surface area contributed by atoms with Crippen LogP contribution in [0.15, 0.2) is 6.07 Å². The van der Waals surface area contributed by atoms with Gasteiger partial charge in [-0.25, -0.2) is 0 Å². The van der Waals surface area contributed by atoms with Crippen molar-refractivity contribution in [1.29, 1.82) is 0 Å². The number of unbranched alkanes of at least 4 members (excludes halogenated alkanes) is 5. The van der Waals surface area contributed by atoms with Gasteiger partial charge in [0.15, 0.2) is 0 Å². The summed E-state index contributed by atoms with van der Waals surface area (Å²) in [4.78, 5) is 0. The van der Waals surface area contributed by atoms with Gasteiger partial charge in [-0.1, -0.05) is 52.4 Å². The Balaban J connectivity index is 2.29. The monoisotopic (exact) mass is 279 g/mol. The molecule has 3 nitrogen and oxygen atoms in total. The third-order valence-corrected chi connectivity index (χ3v) is 4.16. The molecule has 1 aromatic heterocycles. The molecule has 0 aliphatic heterocycles. The molecular weight excluding hydrogens is 246 g/mol. The second kappa shape index (κ2) is 9.98. The lowest BCUT2D eigenvalue weighted by Gasteiger charge is -2.16. The number of nitrogens with one attached hydrogen (secondary N) is 1. The number of likely N-dealkylation sites (N-methyl/N-ethyl adjacent to an activating group) is 1. The van der Waals surface area contributed by atoms with Crippen LogP contribution < -0.4 is 5.32 Å².